The van der Waals surface area contributed by atoms with Gasteiger partial charge in [0, 0.05) is 30.6 Å². The number of nitrogens with one attached hydrogen (secondary N) is 1. The first-order valence-electron chi connectivity index (χ1n) is 9.89. The molecule has 2 aromatic rings. The maximum atomic E-state index is 13.5. The molecular weight excluding hydrogens is 345 g/mol. The molecule has 0 unspecified atom stereocenters. The molecule has 4 rings (SSSR count). The molecule has 1 amide bonds. The molecule has 0 spiro atoms. The van der Waals surface area contributed by atoms with Crippen LogP contribution in [0.1, 0.15) is 43.0 Å². The van der Waals surface area contributed by atoms with Crippen LogP contribution in [0, 0.1) is 11.7 Å². The highest BCUT2D eigenvalue weighted by molar-refractivity contribution is 6.06. The Balaban J connectivity index is 1.50. The molecule has 2 saturated heterocycles. The maximum Gasteiger partial charge on any atom is 0.254 e. The summed E-state index contributed by atoms with van der Waals surface area (Å²) in [6.07, 6.45) is 4.55. The van der Waals surface area contributed by atoms with E-state index in [4.69, 9.17) is 0 Å². The lowest BCUT2D eigenvalue weighted by atomic mass is 9.89. The van der Waals surface area contributed by atoms with Crippen molar-refractivity contribution in [3.63, 3.8) is 0 Å². The van der Waals surface area contributed by atoms with E-state index in [1.54, 1.807) is 6.07 Å². The number of carbonyl (C=O) groups is 1. The van der Waals surface area contributed by atoms with Crippen LogP contribution >= 0.6 is 0 Å². The van der Waals surface area contributed by atoms with Crippen molar-refractivity contribution in [1.82, 2.24) is 14.8 Å². The fourth-order valence-corrected chi connectivity index (χ4v) is 4.61. The number of likely N-dealkylation sites (tertiary alicyclic amines) is 2. The van der Waals surface area contributed by atoms with Crippen molar-refractivity contribution in [3.05, 3.63) is 46.0 Å². The molecule has 0 aliphatic carbocycles. The number of hydrogen-bond donors (Lipinski definition) is 1. The van der Waals surface area contributed by atoms with Crippen LogP contribution in [0.25, 0.3) is 10.9 Å². The Bertz CT molecular complexity index is 896. The zero-order valence-electron chi connectivity index (χ0n) is 15.7. The van der Waals surface area contributed by atoms with Gasteiger partial charge in [-0.1, -0.05) is 0 Å². The van der Waals surface area contributed by atoms with Gasteiger partial charge < -0.3 is 14.8 Å². The number of carbonyl (C=O) groups excluding carboxylic acids is 1. The monoisotopic (exact) mass is 371 g/mol. The number of halogens is 1. The highest BCUT2D eigenvalue weighted by atomic mass is 19.1. The molecule has 6 heteroatoms. The third-order valence-corrected chi connectivity index (χ3v) is 6.26. The second-order valence-corrected chi connectivity index (χ2v) is 7.85. The van der Waals surface area contributed by atoms with Gasteiger partial charge in [0.1, 0.15) is 5.82 Å². The van der Waals surface area contributed by atoms with Crippen molar-refractivity contribution in [2.24, 2.45) is 5.92 Å². The standard InChI is InChI=1S/C21H26FN3O2/c1-14(24-8-2-3-9-24)15-6-10-25(11-7-15)21(27)18-13-20(26)23-19-12-16(22)4-5-17(18)19/h4-5,12-15H,2-3,6-11H2,1H3,(H,23,26)/t14-/m0/s1. The lowest BCUT2D eigenvalue weighted by Crippen LogP contribution is -2.45. The highest BCUT2D eigenvalue weighted by Gasteiger charge is 2.31. The number of benzene rings is 1. The Morgan fingerprint density at radius 1 is 1.15 bits per heavy atom. The van der Waals surface area contributed by atoms with E-state index < -0.39 is 5.82 Å². The van der Waals surface area contributed by atoms with E-state index in [-0.39, 0.29) is 11.5 Å². The molecule has 27 heavy (non-hydrogen) atoms. The van der Waals surface area contributed by atoms with Crippen LogP contribution < -0.4 is 5.56 Å². The zero-order valence-corrected chi connectivity index (χ0v) is 15.7. The molecule has 1 aromatic heterocycles. The second kappa shape index (κ2) is 7.43. The summed E-state index contributed by atoms with van der Waals surface area (Å²) in [7, 11) is 0. The number of hydrogen-bond acceptors (Lipinski definition) is 3. The number of rotatable bonds is 3. The predicted octanol–water partition coefficient (Wildman–Crippen LogP) is 3.00. The molecule has 144 valence electrons. The van der Waals surface area contributed by atoms with Gasteiger partial charge in [0.15, 0.2) is 0 Å². The maximum absolute atomic E-state index is 13.5. The van der Waals surface area contributed by atoms with Gasteiger partial charge in [-0.05, 0) is 69.8 Å². The summed E-state index contributed by atoms with van der Waals surface area (Å²) >= 11 is 0. The lowest BCUT2D eigenvalue weighted by molar-refractivity contribution is 0.0626. The van der Waals surface area contributed by atoms with Crippen LogP contribution in [0.15, 0.2) is 29.1 Å². The van der Waals surface area contributed by atoms with E-state index >= 15 is 0 Å². The quantitative estimate of drug-likeness (QED) is 0.902. The van der Waals surface area contributed by atoms with Gasteiger partial charge in [-0.25, -0.2) is 4.39 Å². The summed E-state index contributed by atoms with van der Waals surface area (Å²) in [5, 5.41) is 0.591. The number of aromatic nitrogens is 1. The van der Waals surface area contributed by atoms with Crippen molar-refractivity contribution in [2.75, 3.05) is 26.2 Å². The summed E-state index contributed by atoms with van der Waals surface area (Å²) in [6.45, 7) is 6.10. The average molecular weight is 371 g/mol. The molecule has 3 heterocycles. The number of amides is 1. The Labute approximate surface area is 158 Å². The van der Waals surface area contributed by atoms with Gasteiger partial charge in [-0.2, -0.15) is 0 Å². The van der Waals surface area contributed by atoms with E-state index in [1.807, 2.05) is 4.90 Å². The fraction of sp³-hybridized carbons (Fsp3) is 0.524. The first-order chi connectivity index (χ1) is 13.0. The van der Waals surface area contributed by atoms with Crippen LogP contribution in [-0.4, -0.2) is 52.9 Å². The van der Waals surface area contributed by atoms with E-state index in [2.05, 4.69) is 16.8 Å². The largest absolute Gasteiger partial charge is 0.339 e. The fourth-order valence-electron chi connectivity index (χ4n) is 4.61. The number of aromatic amines is 1. The minimum absolute atomic E-state index is 0.134. The van der Waals surface area contributed by atoms with Crippen molar-refractivity contribution < 1.29 is 9.18 Å². The van der Waals surface area contributed by atoms with Crippen molar-refractivity contribution in [1.29, 1.82) is 0 Å². The number of piperidine rings is 1. The predicted molar refractivity (Wildman–Crippen MR) is 103 cm³/mol. The van der Waals surface area contributed by atoms with Gasteiger partial charge in [0.2, 0.25) is 5.56 Å². The smallest absolute Gasteiger partial charge is 0.254 e. The first kappa shape index (κ1) is 18.2. The van der Waals surface area contributed by atoms with Crippen LogP contribution in [0.2, 0.25) is 0 Å². The second-order valence-electron chi connectivity index (χ2n) is 7.85. The molecule has 0 radical (unpaired) electrons. The normalized spacial score (nSPS) is 20.3. The third kappa shape index (κ3) is 3.63. The van der Waals surface area contributed by atoms with Crippen molar-refractivity contribution in [3.8, 4) is 0 Å². The SMILES string of the molecule is C[C@@H](C1CCN(C(=O)c2cc(=O)[nH]c3cc(F)ccc23)CC1)N1CCCC1. The molecule has 1 atom stereocenters. The molecule has 2 fully saturated rings. The van der Waals surface area contributed by atoms with Crippen LogP contribution in [0.5, 0.6) is 0 Å². The average Bonchev–Trinajstić information content (AvgIpc) is 3.20. The number of fused-ring (bicyclic) bond motifs is 1. The number of H-pyrrole nitrogens is 1. The number of nitrogens with zero attached hydrogens (tertiary/aromatic N) is 2. The van der Waals surface area contributed by atoms with Crippen LogP contribution in [0.4, 0.5) is 4.39 Å². The summed E-state index contributed by atoms with van der Waals surface area (Å²) < 4.78 is 13.5. The molecule has 0 saturated carbocycles. The summed E-state index contributed by atoms with van der Waals surface area (Å²) in [4.78, 5) is 32.0. The minimum atomic E-state index is -0.431. The summed E-state index contributed by atoms with van der Waals surface area (Å²) in [5.41, 5.74) is 0.345. The Morgan fingerprint density at radius 2 is 1.85 bits per heavy atom. The van der Waals surface area contributed by atoms with Crippen molar-refractivity contribution >= 4 is 16.8 Å². The summed E-state index contributed by atoms with van der Waals surface area (Å²) in [5.74, 6) is 0.0432. The van der Waals surface area contributed by atoms with Crippen LogP contribution in [0.3, 0.4) is 0 Å². The molecule has 1 aromatic carbocycles. The zero-order chi connectivity index (χ0) is 19.0. The minimum Gasteiger partial charge on any atom is -0.339 e. The van der Waals surface area contributed by atoms with E-state index in [0.29, 0.717) is 41.5 Å². The molecule has 1 N–H and O–H groups in total. The molecule has 2 aliphatic rings. The summed E-state index contributed by atoms with van der Waals surface area (Å²) in [6, 6.07) is 6.05. The van der Waals surface area contributed by atoms with Gasteiger partial charge in [-0.15, -0.1) is 0 Å². The van der Waals surface area contributed by atoms with E-state index in [9.17, 15) is 14.0 Å². The highest BCUT2D eigenvalue weighted by Crippen LogP contribution is 2.28. The molecular formula is C21H26FN3O2. The van der Waals surface area contributed by atoms with Crippen LogP contribution in [-0.2, 0) is 0 Å². The topological polar surface area (TPSA) is 56.4 Å². The first-order valence-corrected chi connectivity index (χ1v) is 9.89. The van der Waals surface area contributed by atoms with Crippen molar-refractivity contribution in [2.45, 2.75) is 38.6 Å². The third-order valence-electron chi connectivity index (χ3n) is 6.26. The van der Waals surface area contributed by atoms with E-state index in [0.717, 1.165) is 12.8 Å². The molecule has 2 aliphatic heterocycles. The van der Waals surface area contributed by atoms with Gasteiger partial charge in [-0.3, -0.25) is 9.59 Å². The molecule has 0 bridgehead atoms. The van der Waals surface area contributed by atoms with Gasteiger partial charge in [0.05, 0.1) is 11.1 Å². The van der Waals surface area contributed by atoms with Gasteiger partial charge >= 0.3 is 0 Å². The Kier molecular flexibility index (Phi) is 5.00. The molecule has 5 nitrogen and oxygen atoms in total. The lowest BCUT2D eigenvalue weighted by Gasteiger charge is -2.38. The number of pyridine rings is 1. The van der Waals surface area contributed by atoms with E-state index in [1.165, 1.54) is 44.1 Å². The Morgan fingerprint density at radius 3 is 2.56 bits per heavy atom. The Hall–Kier alpha value is -2.21. The van der Waals surface area contributed by atoms with Gasteiger partial charge in [0.25, 0.3) is 5.91 Å².